The number of rotatable bonds is 7. The molecular weight excluding hydrogens is 686 g/mol. The van der Waals surface area contributed by atoms with Crippen LogP contribution in [0.1, 0.15) is 27.6 Å². The summed E-state index contributed by atoms with van der Waals surface area (Å²) in [7, 11) is -5.93. The monoisotopic (exact) mass is 697 g/mol. The molecule has 172 valence electrons. The summed E-state index contributed by atoms with van der Waals surface area (Å²) >= 11 is 3.92. The smallest absolute Gasteiger partial charge is 0.405 e. The zero-order valence-electron chi connectivity index (χ0n) is 15.6. The van der Waals surface area contributed by atoms with Gasteiger partial charge in [-0.05, 0) is 76.4 Å². The third kappa shape index (κ3) is 5.87. The van der Waals surface area contributed by atoms with Crippen molar-refractivity contribution in [3.63, 3.8) is 0 Å². The molecule has 32 heavy (non-hydrogen) atoms. The molecule has 0 aliphatic rings. The Balaban J connectivity index is 2.36. The summed E-state index contributed by atoms with van der Waals surface area (Å²) < 4.78 is 68.3. The van der Waals surface area contributed by atoms with Crippen LogP contribution in [-0.4, -0.2) is 41.2 Å². The van der Waals surface area contributed by atoms with E-state index < -0.39 is 49.6 Å². The highest BCUT2D eigenvalue weighted by Crippen LogP contribution is 2.30. The molecule has 0 aromatic heterocycles. The lowest BCUT2D eigenvalue weighted by Gasteiger charge is -2.20. The van der Waals surface area contributed by atoms with Crippen molar-refractivity contribution in [2.24, 2.45) is 0 Å². The number of nitro groups is 1. The number of carbonyl (C=O) groups is 2. The molecule has 0 aliphatic carbocycles. The maximum Gasteiger partial charge on any atom is 0.405 e. The lowest BCUT2D eigenvalue weighted by Crippen LogP contribution is -2.42. The predicted molar refractivity (Wildman–Crippen MR) is 121 cm³/mol. The molecule has 0 spiro atoms. The van der Waals surface area contributed by atoms with Crippen LogP contribution in [0.25, 0.3) is 0 Å². The van der Waals surface area contributed by atoms with Gasteiger partial charge in [-0.2, -0.15) is 17.2 Å². The quantitative estimate of drug-likeness (QED) is 0.113. The number of halogens is 4. The molecule has 2 aromatic carbocycles. The van der Waals surface area contributed by atoms with Gasteiger partial charge in [0.2, 0.25) is 0 Å². The second kappa shape index (κ2) is 9.87. The van der Waals surface area contributed by atoms with Gasteiger partial charge in [0.05, 0.1) is 10.5 Å². The van der Waals surface area contributed by atoms with E-state index in [0.29, 0.717) is 10.5 Å². The number of carbonyl (C=O) groups excluding carboxylic acids is 2. The molecule has 0 fully saturated rings. The van der Waals surface area contributed by atoms with E-state index in [0.717, 1.165) is 21.8 Å². The number of ether oxygens (including phenoxy) is 2. The summed E-state index contributed by atoms with van der Waals surface area (Å²) in [6.45, 7) is 0.472. The summed E-state index contributed by atoms with van der Waals surface area (Å²) in [5.74, 6) is -2.89. The van der Waals surface area contributed by atoms with Crippen LogP contribution in [0.2, 0.25) is 0 Å². The first kappa shape index (κ1) is 26.3. The van der Waals surface area contributed by atoms with Crippen molar-refractivity contribution in [3.8, 4) is 5.75 Å². The highest BCUT2D eigenvalue weighted by molar-refractivity contribution is 14.1. The average Bonchev–Trinajstić information content (AvgIpc) is 2.66. The number of hydrogen-bond donors (Lipinski definition) is 1. The molecule has 2 aromatic rings. The summed E-state index contributed by atoms with van der Waals surface area (Å²) in [5.41, 5.74) is -1.59. The molecule has 1 unspecified atom stereocenters. The SMILES string of the molecule is CC(OC(=O)c1cc(OC(=O)c2ccc(I)cc2I)ccc1[N+](=O)[O-])C(F)(F)S(=O)(=O)O. The molecule has 0 amide bonds. The van der Waals surface area contributed by atoms with E-state index in [-0.39, 0.29) is 11.3 Å². The fourth-order valence-electron chi connectivity index (χ4n) is 2.22. The number of benzene rings is 2. The first-order valence-corrected chi connectivity index (χ1v) is 11.8. The van der Waals surface area contributed by atoms with Crippen LogP contribution in [0.5, 0.6) is 5.75 Å². The maximum absolute atomic E-state index is 13.6. The zero-order chi connectivity index (χ0) is 24.4. The van der Waals surface area contributed by atoms with Crippen molar-refractivity contribution < 1.29 is 45.7 Å². The minimum Gasteiger partial charge on any atom is -0.451 e. The normalized spacial score (nSPS) is 12.7. The topological polar surface area (TPSA) is 150 Å². The van der Waals surface area contributed by atoms with Gasteiger partial charge in [-0.15, -0.1) is 0 Å². The zero-order valence-corrected chi connectivity index (χ0v) is 20.8. The molecule has 1 atom stereocenters. The molecule has 0 saturated heterocycles. The first-order valence-electron chi connectivity index (χ1n) is 8.16. The summed E-state index contributed by atoms with van der Waals surface area (Å²) in [4.78, 5) is 34.9. The van der Waals surface area contributed by atoms with Gasteiger partial charge in [-0.3, -0.25) is 14.7 Å². The molecule has 2 rings (SSSR count). The van der Waals surface area contributed by atoms with Crippen molar-refractivity contribution in [1.82, 2.24) is 0 Å². The van der Waals surface area contributed by atoms with Crippen LogP contribution in [0.4, 0.5) is 14.5 Å². The van der Waals surface area contributed by atoms with Crippen LogP contribution >= 0.6 is 45.2 Å². The Hall–Kier alpha value is -1.99. The van der Waals surface area contributed by atoms with E-state index in [9.17, 15) is 36.9 Å². The molecule has 0 saturated carbocycles. The minimum absolute atomic E-state index is 0.162. The van der Waals surface area contributed by atoms with Crippen molar-refractivity contribution in [2.75, 3.05) is 0 Å². The third-order valence-corrected chi connectivity index (χ3v) is 6.43. The number of hydrogen-bond acceptors (Lipinski definition) is 8. The van der Waals surface area contributed by atoms with E-state index in [1.807, 2.05) is 45.2 Å². The van der Waals surface area contributed by atoms with Crippen molar-refractivity contribution >= 4 is 72.9 Å². The van der Waals surface area contributed by atoms with E-state index in [4.69, 9.17) is 9.29 Å². The Labute approximate surface area is 206 Å². The van der Waals surface area contributed by atoms with Crippen molar-refractivity contribution in [2.45, 2.75) is 18.3 Å². The molecule has 0 aliphatic heterocycles. The van der Waals surface area contributed by atoms with Crippen LogP contribution < -0.4 is 4.74 Å². The Morgan fingerprint density at radius 2 is 1.75 bits per heavy atom. The van der Waals surface area contributed by atoms with Gasteiger partial charge in [0.25, 0.3) is 5.69 Å². The van der Waals surface area contributed by atoms with Gasteiger partial charge in [-0.1, -0.05) is 0 Å². The predicted octanol–water partition coefficient (Wildman–Crippen LogP) is 4.05. The van der Waals surface area contributed by atoms with Crippen LogP contribution in [-0.2, 0) is 14.9 Å². The minimum atomic E-state index is -5.93. The molecule has 1 N–H and O–H groups in total. The fourth-order valence-corrected chi connectivity index (χ4v) is 4.51. The van der Waals surface area contributed by atoms with Gasteiger partial charge in [-0.25, -0.2) is 9.59 Å². The lowest BCUT2D eigenvalue weighted by atomic mass is 10.1. The Bertz CT molecular complexity index is 1200. The van der Waals surface area contributed by atoms with E-state index in [2.05, 4.69) is 4.74 Å². The lowest BCUT2D eigenvalue weighted by molar-refractivity contribution is -0.385. The van der Waals surface area contributed by atoms with E-state index in [1.54, 1.807) is 12.1 Å². The largest absolute Gasteiger partial charge is 0.451 e. The first-order chi connectivity index (χ1) is 14.6. The van der Waals surface area contributed by atoms with Gasteiger partial charge < -0.3 is 9.47 Å². The third-order valence-electron chi connectivity index (χ3n) is 3.85. The molecule has 0 bridgehead atoms. The Morgan fingerprint density at radius 1 is 1.12 bits per heavy atom. The molecule has 15 heteroatoms. The second-order valence-corrected chi connectivity index (χ2v) is 9.94. The molecule has 0 heterocycles. The molecule has 0 radical (unpaired) electrons. The Morgan fingerprint density at radius 3 is 2.28 bits per heavy atom. The number of alkyl halides is 2. The molecule has 10 nitrogen and oxygen atoms in total. The fraction of sp³-hybridized carbons (Fsp3) is 0.176. The van der Waals surface area contributed by atoms with Crippen molar-refractivity contribution in [1.29, 1.82) is 0 Å². The van der Waals surface area contributed by atoms with E-state index in [1.165, 1.54) is 6.07 Å². The van der Waals surface area contributed by atoms with Gasteiger partial charge >= 0.3 is 27.3 Å². The second-order valence-electron chi connectivity index (χ2n) is 6.03. The van der Waals surface area contributed by atoms with Gasteiger partial charge in [0, 0.05) is 19.3 Å². The summed E-state index contributed by atoms with van der Waals surface area (Å²) in [6, 6.07) is 7.30. The van der Waals surface area contributed by atoms with Crippen LogP contribution in [0.15, 0.2) is 36.4 Å². The highest BCUT2D eigenvalue weighted by atomic mass is 127. The van der Waals surface area contributed by atoms with Gasteiger partial charge in [0.1, 0.15) is 11.3 Å². The summed E-state index contributed by atoms with van der Waals surface area (Å²) in [5, 5.41) is 6.33. The standard InChI is InChI=1S/C17H11F2I2NO9S/c1-8(17(18,19)32(27,28)29)30-16(24)12-7-10(3-5-14(12)22(25)26)31-15(23)11-4-2-9(20)6-13(11)21/h2-8H,1H3,(H,27,28,29). The number of nitrogens with zero attached hydrogens (tertiary/aromatic N) is 1. The number of nitro benzene ring substituents is 1. The molecular formula is C17H11F2I2NO9S. The maximum atomic E-state index is 13.6. The highest BCUT2D eigenvalue weighted by Gasteiger charge is 2.52. The van der Waals surface area contributed by atoms with Gasteiger partial charge in [0.15, 0.2) is 6.10 Å². The van der Waals surface area contributed by atoms with Crippen LogP contribution in [0, 0.1) is 17.3 Å². The summed E-state index contributed by atoms with van der Waals surface area (Å²) in [6.07, 6.45) is -2.69. The van der Waals surface area contributed by atoms with E-state index >= 15 is 0 Å². The van der Waals surface area contributed by atoms with Crippen LogP contribution in [0.3, 0.4) is 0 Å². The Kier molecular flexibility index (Phi) is 8.10. The number of esters is 2. The van der Waals surface area contributed by atoms with Crippen molar-refractivity contribution in [3.05, 3.63) is 64.8 Å². The average molecular weight is 697 g/mol.